The summed E-state index contributed by atoms with van der Waals surface area (Å²) >= 11 is 1.22. The van der Waals surface area contributed by atoms with E-state index in [0.29, 0.717) is 28.0 Å². The van der Waals surface area contributed by atoms with E-state index in [1.807, 2.05) is 24.3 Å². The van der Waals surface area contributed by atoms with Crippen LogP contribution >= 0.6 is 11.8 Å². The topological polar surface area (TPSA) is 118 Å². The summed E-state index contributed by atoms with van der Waals surface area (Å²) in [5.74, 6) is -0.326. The Labute approximate surface area is 218 Å². The van der Waals surface area contributed by atoms with Crippen LogP contribution in [0.4, 0.5) is 11.4 Å². The lowest BCUT2D eigenvalue weighted by molar-refractivity contribution is -0.128. The van der Waals surface area contributed by atoms with E-state index in [2.05, 4.69) is 10.3 Å². The van der Waals surface area contributed by atoms with Gasteiger partial charge in [0, 0.05) is 12.1 Å². The normalized spacial score (nSPS) is 16.1. The van der Waals surface area contributed by atoms with E-state index in [-0.39, 0.29) is 24.4 Å². The lowest BCUT2D eigenvalue weighted by atomic mass is 10.2. The van der Waals surface area contributed by atoms with Gasteiger partial charge in [0.25, 0.3) is 0 Å². The summed E-state index contributed by atoms with van der Waals surface area (Å²) < 4.78 is 10.4. The molecule has 3 aromatic carbocycles. The molecule has 0 aliphatic carbocycles. The van der Waals surface area contributed by atoms with Crippen molar-refractivity contribution in [2.45, 2.75) is 18.2 Å². The number of rotatable bonds is 9. The summed E-state index contributed by atoms with van der Waals surface area (Å²) in [6.45, 7) is 0.281. The van der Waals surface area contributed by atoms with E-state index in [9.17, 15) is 19.5 Å². The van der Waals surface area contributed by atoms with Gasteiger partial charge in [0.05, 0.1) is 32.0 Å². The third kappa shape index (κ3) is 6.47. The number of amidine groups is 1. The van der Waals surface area contributed by atoms with Gasteiger partial charge >= 0.3 is 5.97 Å². The van der Waals surface area contributed by atoms with Crippen molar-refractivity contribution < 1.29 is 29.0 Å². The van der Waals surface area contributed by atoms with Crippen molar-refractivity contribution in [2.24, 2.45) is 4.99 Å². The Bertz CT molecular complexity index is 1320. The number of anilines is 1. The number of aromatic carboxylic acids is 1. The van der Waals surface area contributed by atoms with Crippen LogP contribution < -0.4 is 14.8 Å². The smallest absolute Gasteiger partial charge is 0.335 e. The predicted molar refractivity (Wildman–Crippen MR) is 142 cm³/mol. The van der Waals surface area contributed by atoms with Crippen LogP contribution in [0, 0.1) is 0 Å². The summed E-state index contributed by atoms with van der Waals surface area (Å²) in [4.78, 5) is 43.6. The molecule has 2 amide bonds. The zero-order valence-corrected chi connectivity index (χ0v) is 21.0. The molecule has 1 atom stereocenters. The number of nitrogens with zero attached hydrogens (tertiary/aromatic N) is 2. The second-order valence-electron chi connectivity index (χ2n) is 8.11. The molecule has 0 spiro atoms. The largest absolute Gasteiger partial charge is 0.497 e. The molecule has 9 nitrogen and oxygen atoms in total. The van der Waals surface area contributed by atoms with Gasteiger partial charge in [-0.2, -0.15) is 0 Å². The van der Waals surface area contributed by atoms with Gasteiger partial charge in [0.15, 0.2) is 5.17 Å². The minimum atomic E-state index is -1.09. The van der Waals surface area contributed by atoms with Crippen molar-refractivity contribution in [3.63, 3.8) is 0 Å². The minimum Gasteiger partial charge on any atom is -0.497 e. The third-order valence-electron chi connectivity index (χ3n) is 5.58. The molecule has 1 aliphatic heterocycles. The number of nitrogens with one attached hydrogen (secondary N) is 1. The number of carboxylic acids is 1. The molecule has 3 aromatic rings. The van der Waals surface area contributed by atoms with E-state index in [4.69, 9.17) is 9.47 Å². The highest BCUT2D eigenvalue weighted by molar-refractivity contribution is 8.15. The number of hydrogen-bond donors (Lipinski definition) is 2. The van der Waals surface area contributed by atoms with Crippen molar-refractivity contribution in [2.75, 3.05) is 19.5 Å². The van der Waals surface area contributed by atoms with Gasteiger partial charge in [0.1, 0.15) is 16.7 Å². The Morgan fingerprint density at radius 2 is 1.65 bits per heavy atom. The van der Waals surface area contributed by atoms with Gasteiger partial charge in [-0.05, 0) is 60.2 Å². The lowest BCUT2D eigenvalue weighted by Crippen LogP contribution is -2.33. The number of methoxy groups -OCH3 is 2. The van der Waals surface area contributed by atoms with E-state index in [1.165, 1.54) is 23.9 Å². The Morgan fingerprint density at radius 3 is 2.27 bits per heavy atom. The summed E-state index contributed by atoms with van der Waals surface area (Å²) in [6, 6.07) is 20.5. The van der Waals surface area contributed by atoms with Gasteiger partial charge in [-0.1, -0.05) is 30.0 Å². The van der Waals surface area contributed by atoms with Gasteiger partial charge in [0.2, 0.25) is 11.8 Å². The van der Waals surface area contributed by atoms with Crippen molar-refractivity contribution >= 4 is 46.1 Å². The molecule has 0 radical (unpaired) electrons. The molecule has 4 rings (SSSR count). The van der Waals surface area contributed by atoms with Gasteiger partial charge < -0.3 is 19.9 Å². The Morgan fingerprint density at radius 1 is 1.00 bits per heavy atom. The number of ether oxygens (including phenoxy) is 2. The summed E-state index contributed by atoms with van der Waals surface area (Å²) in [5, 5.41) is 11.7. The van der Waals surface area contributed by atoms with E-state index in [0.717, 1.165) is 5.56 Å². The molecule has 1 saturated heterocycles. The molecule has 1 fully saturated rings. The number of thioether (sulfide) groups is 1. The first kappa shape index (κ1) is 25.8. The molecule has 190 valence electrons. The number of carbonyl (C=O) groups excluding carboxylic acids is 2. The molecule has 1 heterocycles. The molecular formula is C27H25N3O6S. The molecule has 10 heteroatoms. The molecular weight excluding hydrogens is 494 g/mol. The van der Waals surface area contributed by atoms with Crippen molar-refractivity contribution in [1.82, 2.24) is 4.90 Å². The number of benzene rings is 3. The zero-order valence-electron chi connectivity index (χ0n) is 20.2. The monoisotopic (exact) mass is 519 g/mol. The van der Waals surface area contributed by atoms with E-state index in [1.54, 1.807) is 55.5 Å². The second-order valence-corrected chi connectivity index (χ2v) is 9.28. The highest BCUT2D eigenvalue weighted by Gasteiger charge is 2.39. The minimum absolute atomic E-state index is 0.0590. The second kappa shape index (κ2) is 11.6. The first-order valence-electron chi connectivity index (χ1n) is 11.3. The van der Waals surface area contributed by atoms with Gasteiger partial charge in [-0.3, -0.25) is 14.5 Å². The van der Waals surface area contributed by atoms with Crippen LogP contribution in [0.25, 0.3) is 0 Å². The number of carbonyl (C=O) groups is 3. The molecule has 0 unspecified atom stereocenters. The van der Waals surface area contributed by atoms with Crippen molar-refractivity contribution in [3.8, 4) is 11.5 Å². The van der Waals surface area contributed by atoms with Crippen LogP contribution in [0.3, 0.4) is 0 Å². The van der Waals surface area contributed by atoms with Crippen LogP contribution in [-0.2, 0) is 16.1 Å². The van der Waals surface area contributed by atoms with Gasteiger partial charge in [-0.15, -0.1) is 0 Å². The maximum absolute atomic E-state index is 13.4. The average Bonchev–Trinajstić information content (AvgIpc) is 3.18. The highest BCUT2D eigenvalue weighted by Crippen LogP contribution is 2.33. The highest BCUT2D eigenvalue weighted by atomic mass is 32.2. The number of amides is 2. The number of carboxylic acid groups (broad SMARTS) is 1. The fourth-order valence-corrected chi connectivity index (χ4v) is 4.82. The molecule has 1 aliphatic rings. The molecule has 37 heavy (non-hydrogen) atoms. The van der Waals surface area contributed by atoms with Crippen molar-refractivity contribution in [1.29, 1.82) is 0 Å². The summed E-state index contributed by atoms with van der Waals surface area (Å²) in [6.07, 6.45) is -0.0957. The SMILES string of the molecule is COc1ccc(CN2C(=O)[C@@H](CC(=O)Nc3cccc(C(=O)O)c3)SC2=Nc2ccc(OC)cc2)cc1. The summed E-state index contributed by atoms with van der Waals surface area (Å²) in [7, 11) is 3.17. The van der Waals surface area contributed by atoms with Crippen LogP contribution in [-0.4, -0.2) is 52.4 Å². The zero-order chi connectivity index (χ0) is 26.4. The van der Waals surface area contributed by atoms with Crippen LogP contribution in [0.5, 0.6) is 11.5 Å². The molecule has 0 saturated carbocycles. The van der Waals surface area contributed by atoms with Crippen LogP contribution in [0.1, 0.15) is 22.3 Å². The number of hydrogen-bond acceptors (Lipinski definition) is 7. The quantitative estimate of drug-likeness (QED) is 0.425. The Kier molecular flexibility index (Phi) is 8.09. The maximum Gasteiger partial charge on any atom is 0.335 e. The van der Waals surface area contributed by atoms with E-state index >= 15 is 0 Å². The Hall–Kier alpha value is -4.31. The van der Waals surface area contributed by atoms with Gasteiger partial charge in [-0.25, -0.2) is 9.79 Å². The average molecular weight is 520 g/mol. The molecule has 0 aromatic heterocycles. The first-order valence-corrected chi connectivity index (χ1v) is 12.2. The van der Waals surface area contributed by atoms with Crippen molar-refractivity contribution in [3.05, 3.63) is 83.9 Å². The fraction of sp³-hybridized carbons (Fsp3) is 0.185. The maximum atomic E-state index is 13.4. The molecule has 0 bridgehead atoms. The van der Waals surface area contributed by atoms with Crippen LogP contribution in [0.15, 0.2) is 77.8 Å². The third-order valence-corrected chi connectivity index (χ3v) is 6.76. The lowest BCUT2D eigenvalue weighted by Gasteiger charge is -2.17. The fourth-order valence-electron chi connectivity index (χ4n) is 3.66. The predicted octanol–water partition coefficient (Wildman–Crippen LogP) is 4.56. The number of aliphatic imine (C=N–C) groups is 1. The standard InChI is InChI=1S/C27H25N3O6S/c1-35-21-10-6-17(7-11-21)16-30-25(32)23(37-27(30)29-19-8-12-22(36-2)13-9-19)15-24(31)28-20-5-3-4-18(14-20)26(33)34/h3-14,23H,15-16H2,1-2H3,(H,28,31)(H,33,34)/t23-/m1/s1. The molecule has 2 N–H and O–H groups in total. The Balaban J connectivity index is 1.54. The first-order chi connectivity index (χ1) is 17.9. The van der Waals surface area contributed by atoms with Crippen LogP contribution in [0.2, 0.25) is 0 Å². The summed E-state index contributed by atoms with van der Waals surface area (Å²) in [5.41, 5.74) is 1.94. The van der Waals surface area contributed by atoms with E-state index < -0.39 is 17.1 Å².